The highest BCUT2D eigenvalue weighted by Crippen LogP contribution is 2.31. The first-order valence-corrected chi connectivity index (χ1v) is 12.3. The molecule has 2 unspecified atom stereocenters. The summed E-state index contributed by atoms with van der Waals surface area (Å²) in [5.74, 6) is -3.72. The van der Waals surface area contributed by atoms with Crippen molar-refractivity contribution in [1.29, 1.82) is 0 Å². The number of rotatable bonds is 5. The minimum Gasteiger partial charge on any atom is -0.503 e. The van der Waals surface area contributed by atoms with Crippen LogP contribution in [0.5, 0.6) is 5.75 Å². The zero-order valence-corrected chi connectivity index (χ0v) is 20.1. The third-order valence-electron chi connectivity index (χ3n) is 6.63. The molecule has 1 aromatic carbocycles. The van der Waals surface area contributed by atoms with E-state index in [1.807, 2.05) is 12.3 Å². The Bertz CT molecular complexity index is 1390. The van der Waals surface area contributed by atoms with Crippen molar-refractivity contribution in [3.05, 3.63) is 79.7 Å². The molecule has 0 aliphatic carbocycles. The molecule has 0 radical (unpaired) electrons. The van der Waals surface area contributed by atoms with Crippen molar-refractivity contribution >= 4 is 23.2 Å². The Morgan fingerprint density at radius 1 is 1.31 bits per heavy atom. The number of aromatic hydroxyl groups is 1. The Morgan fingerprint density at radius 3 is 2.83 bits per heavy atom. The van der Waals surface area contributed by atoms with Crippen LogP contribution in [0, 0.1) is 11.6 Å². The molecule has 36 heavy (non-hydrogen) atoms. The Balaban J connectivity index is 1.44. The quantitative estimate of drug-likeness (QED) is 0.540. The number of benzene rings is 1. The number of hydrogen-bond donors (Lipinski definition) is 2. The van der Waals surface area contributed by atoms with Crippen LogP contribution in [0.15, 0.2) is 40.8 Å². The maximum absolute atomic E-state index is 13.9. The molecule has 2 aliphatic rings. The summed E-state index contributed by atoms with van der Waals surface area (Å²) in [6.45, 7) is 3.13. The number of fused-ring (bicyclic) bond motifs is 2. The Kier molecular flexibility index (Phi) is 6.31. The van der Waals surface area contributed by atoms with Crippen molar-refractivity contribution < 1.29 is 23.5 Å². The molecule has 1 saturated heterocycles. The van der Waals surface area contributed by atoms with Crippen LogP contribution in [0.25, 0.3) is 0 Å². The highest BCUT2D eigenvalue weighted by Gasteiger charge is 2.43. The third-order valence-corrected chi connectivity index (χ3v) is 7.39. The summed E-state index contributed by atoms with van der Waals surface area (Å²) in [7, 11) is 0. The second-order valence-electron chi connectivity index (χ2n) is 8.87. The van der Waals surface area contributed by atoms with E-state index in [0.717, 1.165) is 24.0 Å². The molecule has 188 valence electrons. The van der Waals surface area contributed by atoms with Gasteiger partial charge in [0.1, 0.15) is 28.4 Å². The van der Waals surface area contributed by atoms with Gasteiger partial charge in [-0.2, -0.15) is 0 Å². The van der Waals surface area contributed by atoms with Crippen molar-refractivity contribution in [2.45, 2.75) is 45.2 Å². The van der Waals surface area contributed by atoms with Gasteiger partial charge in [0, 0.05) is 48.5 Å². The second kappa shape index (κ2) is 9.43. The molecule has 1 fully saturated rings. The van der Waals surface area contributed by atoms with E-state index >= 15 is 0 Å². The summed E-state index contributed by atoms with van der Waals surface area (Å²) in [5, 5.41) is 15.9. The van der Waals surface area contributed by atoms with Gasteiger partial charge in [0.15, 0.2) is 11.4 Å². The van der Waals surface area contributed by atoms with Gasteiger partial charge >= 0.3 is 0 Å². The van der Waals surface area contributed by atoms with Crippen LogP contribution in [0.4, 0.5) is 8.78 Å². The van der Waals surface area contributed by atoms with Gasteiger partial charge in [0.05, 0.1) is 13.1 Å². The minimum atomic E-state index is -0.991. The lowest BCUT2D eigenvalue weighted by molar-refractivity contribution is -0.0363. The third kappa shape index (κ3) is 4.26. The first-order valence-electron chi connectivity index (χ1n) is 11.4. The van der Waals surface area contributed by atoms with E-state index in [1.165, 1.54) is 28.2 Å². The van der Waals surface area contributed by atoms with Gasteiger partial charge < -0.3 is 19.9 Å². The lowest BCUT2D eigenvalue weighted by Crippen LogP contribution is -2.63. The molecular formula is C24H23F2N5O4S. The minimum absolute atomic E-state index is 0.0341. The van der Waals surface area contributed by atoms with E-state index in [4.69, 9.17) is 0 Å². The highest BCUT2D eigenvalue weighted by molar-refractivity contribution is 7.09. The molecule has 0 spiro atoms. The maximum Gasteiger partial charge on any atom is 0.276 e. The number of amides is 2. The van der Waals surface area contributed by atoms with E-state index in [0.29, 0.717) is 12.6 Å². The number of pyridine rings is 1. The molecule has 3 aromatic rings. The molecule has 2 amide bonds. The van der Waals surface area contributed by atoms with Crippen molar-refractivity contribution in [1.82, 2.24) is 24.7 Å². The van der Waals surface area contributed by atoms with Gasteiger partial charge in [-0.3, -0.25) is 19.3 Å². The summed E-state index contributed by atoms with van der Waals surface area (Å²) in [5.41, 5.74) is -1.50. The standard InChI is InChI=1S/C24H23F2N5O4S/c1-13-4-6-29(11-18-27-5-7-36-18)19-12-30-10-16(21(32)22(33)20(30)24(35)31(13)19)23(34)28-9-14-2-3-15(25)8-17(14)26/h2-3,5,7-8,10,13,19,33H,4,6,9,11-12H2,1H3,(H,28,34). The van der Waals surface area contributed by atoms with E-state index < -0.39 is 34.6 Å². The molecule has 12 heteroatoms. The SMILES string of the molecule is CC1CCN(Cc2nccs2)C2Cn3cc(C(=O)NCc4ccc(F)cc4F)c(=O)c(O)c3C(=O)N12. The Hall–Kier alpha value is -3.64. The van der Waals surface area contributed by atoms with Crippen LogP contribution >= 0.6 is 11.3 Å². The summed E-state index contributed by atoms with van der Waals surface area (Å²) < 4.78 is 28.5. The molecule has 2 aliphatic heterocycles. The molecule has 2 N–H and O–H groups in total. The molecule has 0 bridgehead atoms. The van der Waals surface area contributed by atoms with Crippen molar-refractivity contribution in [2.75, 3.05) is 6.54 Å². The molecule has 2 atom stereocenters. The predicted octanol–water partition coefficient (Wildman–Crippen LogP) is 2.29. The number of halogens is 2. The number of carbonyl (C=O) groups is 2. The van der Waals surface area contributed by atoms with Crippen LogP contribution in [-0.4, -0.2) is 55.0 Å². The first-order chi connectivity index (χ1) is 17.2. The Labute approximate surface area is 208 Å². The van der Waals surface area contributed by atoms with E-state index in [9.17, 15) is 28.3 Å². The smallest absolute Gasteiger partial charge is 0.276 e. The number of nitrogens with zero attached hydrogens (tertiary/aromatic N) is 4. The lowest BCUT2D eigenvalue weighted by Gasteiger charge is -2.50. The number of nitrogens with one attached hydrogen (secondary N) is 1. The average Bonchev–Trinajstić information content (AvgIpc) is 3.35. The number of carbonyl (C=O) groups excluding carboxylic acids is 2. The van der Waals surface area contributed by atoms with Gasteiger partial charge in [-0.25, -0.2) is 13.8 Å². The largest absolute Gasteiger partial charge is 0.503 e. The molecule has 9 nitrogen and oxygen atoms in total. The van der Waals surface area contributed by atoms with Gasteiger partial charge in [-0.05, 0) is 19.4 Å². The van der Waals surface area contributed by atoms with E-state index in [2.05, 4.69) is 15.2 Å². The molecular weight excluding hydrogens is 492 g/mol. The molecule has 4 heterocycles. The fourth-order valence-corrected chi connectivity index (χ4v) is 5.39. The van der Waals surface area contributed by atoms with Crippen molar-refractivity contribution in [3.8, 4) is 5.75 Å². The van der Waals surface area contributed by atoms with Crippen LogP contribution in [-0.2, 0) is 19.6 Å². The van der Waals surface area contributed by atoms with Crippen LogP contribution in [0.1, 0.15) is 44.8 Å². The fourth-order valence-electron chi connectivity index (χ4n) is 4.75. The van der Waals surface area contributed by atoms with Gasteiger partial charge in [0.2, 0.25) is 5.43 Å². The predicted molar refractivity (Wildman–Crippen MR) is 126 cm³/mol. The van der Waals surface area contributed by atoms with Crippen molar-refractivity contribution in [2.24, 2.45) is 0 Å². The monoisotopic (exact) mass is 515 g/mol. The summed E-state index contributed by atoms with van der Waals surface area (Å²) >= 11 is 1.51. The normalized spacial score (nSPS) is 19.6. The maximum atomic E-state index is 13.9. The zero-order valence-electron chi connectivity index (χ0n) is 19.3. The van der Waals surface area contributed by atoms with Crippen molar-refractivity contribution in [3.63, 3.8) is 0 Å². The molecule has 2 aromatic heterocycles. The summed E-state index contributed by atoms with van der Waals surface area (Å²) in [6.07, 6.45) is 3.34. The fraction of sp³-hybridized carbons (Fsp3) is 0.333. The number of aromatic nitrogens is 2. The number of hydrogen-bond acceptors (Lipinski definition) is 7. The average molecular weight is 516 g/mol. The highest BCUT2D eigenvalue weighted by atomic mass is 32.1. The van der Waals surface area contributed by atoms with Crippen LogP contribution in [0.3, 0.4) is 0 Å². The summed E-state index contributed by atoms with van der Waals surface area (Å²) in [6, 6.07) is 2.84. The van der Waals surface area contributed by atoms with Crippen LogP contribution in [0.2, 0.25) is 0 Å². The summed E-state index contributed by atoms with van der Waals surface area (Å²) in [4.78, 5) is 47.2. The zero-order chi connectivity index (χ0) is 25.6. The van der Waals surface area contributed by atoms with Gasteiger partial charge in [-0.15, -0.1) is 11.3 Å². The first kappa shape index (κ1) is 24.1. The van der Waals surface area contributed by atoms with Gasteiger partial charge in [0.25, 0.3) is 11.8 Å². The van der Waals surface area contributed by atoms with E-state index in [1.54, 1.807) is 11.1 Å². The van der Waals surface area contributed by atoms with E-state index in [-0.39, 0.29) is 42.1 Å². The second-order valence-corrected chi connectivity index (χ2v) is 9.85. The lowest BCUT2D eigenvalue weighted by atomic mass is 10.0. The van der Waals surface area contributed by atoms with Gasteiger partial charge in [-0.1, -0.05) is 6.07 Å². The molecule has 0 saturated carbocycles. The Morgan fingerprint density at radius 2 is 2.11 bits per heavy atom. The molecule has 5 rings (SSSR count). The topological polar surface area (TPSA) is 108 Å². The van der Waals surface area contributed by atoms with Crippen LogP contribution < -0.4 is 10.7 Å². The number of thiazole rings is 1.